The maximum Gasteiger partial charge on any atom is 0.323 e. The molecule has 1 saturated carbocycles. The minimum atomic E-state index is -1.58. The van der Waals surface area contributed by atoms with E-state index in [0.717, 1.165) is 6.42 Å². The zero-order valence-corrected chi connectivity index (χ0v) is 27.8. The van der Waals surface area contributed by atoms with Crippen molar-refractivity contribution in [1.29, 1.82) is 0 Å². The van der Waals surface area contributed by atoms with Crippen LogP contribution in [0.2, 0.25) is 5.02 Å². The van der Waals surface area contributed by atoms with Crippen molar-refractivity contribution in [2.24, 2.45) is 23.7 Å². The van der Waals surface area contributed by atoms with Crippen molar-refractivity contribution in [1.82, 2.24) is 10.2 Å². The molecule has 11 nitrogen and oxygen atoms in total. The Hall–Kier alpha value is -2.70. The minimum Gasteiger partial charge on any atom is -0.454 e. The number of carbonyl (C=O) groups excluding carboxylic acids is 3. The smallest absolute Gasteiger partial charge is 0.323 e. The molecular formula is C33H46ClN3O8. The largest absolute Gasteiger partial charge is 0.454 e. The van der Waals surface area contributed by atoms with E-state index in [1.54, 1.807) is 37.1 Å². The van der Waals surface area contributed by atoms with Gasteiger partial charge in [-0.15, -0.1) is 0 Å². The highest BCUT2D eigenvalue weighted by atomic mass is 35.5. The van der Waals surface area contributed by atoms with E-state index in [9.17, 15) is 24.6 Å². The second-order valence-electron chi connectivity index (χ2n) is 13.4. The number of carbonyl (C=O) groups is 3. The molecule has 2 aliphatic carbocycles. The average molecular weight is 648 g/mol. The van der Waals surface area contributed by atoms with Gasteiger partial charge in [0.25, 0.3) is 0 Å². The summed E-state index contributed by atoms with van der Waals surface area (Å²) < 4.78 is 11.9. The van der Waals surface area contributed by atoms with E-state index in [1.165, 1.54) is 12.0 Å². The number of esters is 2. The summed E-state index contributed by atoms with van der Waals surface area (Å²) >= 11 is 6.43. The molecule has 0 aromatic heterocycles. The van der Waals surface area contributed by atoms with Crippen LogP contribution in [0.3, 0.4) is 0 Å². The van der Waals surface area contributed by atoms with Crippen LogP contribution in [-0.4, -0.2) is 83.2 Å². The summed E-state index contributed by atoms with van der Waals surface area (Å²) in [6, 6.07) is 4.18. The van der Waals surface area contributed by atoms with Crippen LogP contribution >= 0.6 is 11.6 Å². The molecule has 4 aliphatic rings. The number of hydroxylamine groups is 1. The quantitative estimate of drug-likeness (QED) is 0.299. The number of rotatable bonds is 7. The Labute approximate surface area is 269 Å². The summed E-state index contributed by atoms with van der Waals surface area (Å²) in [4.78, 5) is 46.2. The Morgan fingerprint density at radius 2 is 1.93 bits per heavy atom. The fourth-order valence-corrected chi connectivity index (χ4v) is 8.42. The first kappa shape index (κ1) is 33.7. The molecule has 2 fully saturated rings. The molecule has 1 aromatic carbocycles. The molecule has 1 aromatic rings. The van der Waals surface area contributed by atoms with Crippen LogP contribution in [0, 0.1) is 23.7 Å². The zero-order chi connectivity index (χ0) is 33.0. The molecule has 0 radical (unpaired) electrons. The minimum absolute atomic E-state index is 0.00719. The third-order valence-corrected chi connectivity index (χ3v) is 10.9. The number of nitrogens with zero attached hydrogens (tertiary/aromatic N) is 2. The number of halogens is 1. The Morgan fingerprint density at radius 1 is 1.22 bits per heavy atom. The number of hydrogen-bond donors (Lipinski definition) is 3. The average Bonchev–Trinajstić information content (AvgIpc) is 3.32. The molecule has 0 spiro atoms. The van der Waals surface area contributed by atoms with Crippen molar-refractivity contribution in [3.8, 4) is 0 Å². The third-order valence-electron chi connectivity index (χ3n) is 10.6. The molecule has 45 heavy (non-hydrogen) atoms. The van der Waals surface area contributed by atoms with Crippen molar-refractivity contribution >= 4 is 35.1 Å². The van der Waals surface area contributed by atoms with Crippen molar-refractivity contribution < 1.29 is 38.9 Å². The fraction of sp³-hybridized carbons (Fsp3) is 0.667. The van der Waals surface area contributed by atoms with E-state index in [4.69, 9.17) is 25.9 Å². The highest BCUT2D eigenvalue weighted by Gasteiger charge is 2.62. The van der Waals surface area contributed by atoms with Crippen molar-refractivity contribution in [2.45, 2.75) is 96.5 Å². The number of amides is 1. The Bertz CT molecular complexity index is 1370. The number of ether oxygens (including phenoxy) is 2. The standard InChI is InChI=1S/C33H46ClN3O8/c1-8-37(20(5)38)16-18(3)22-13-12-19(4)33(42)24(22)14-17(2)28(43-21(6)39)29(33)44-30(40)26-15-32(41)23-10-9-11-25(34)27(23)36(7)45-31(32)35-26/h9-11,14,18-19,22,24,26,28-29,31,35,41-42H,8,12-13,15-16H2,1-7H3/t18?,19-,22+,24-,26+,28-,29+,31-,32-,33-/m1/s1. The summed E-state index contributed by atoms with van der Waals surface area (Å²) in [7, 11) is 1.67. The molecule has 1 unspecified atom stereocenters. The number of aliphatic hydroxyl groups is 2. The maximum atomic E-state index is 14.0. The van der Waals surface area contributed by atoms with Crippen LogP contribution in [0.15, 0.2) is 29.8 Å². The molecular weight excluding hydrogens is 602 g/mol. The van der Waals surface area contributed by atoms with Gasteiger partial charge < -0.3 is 24.6 Å². The van der Waals surface area contributed by atoms with Gasteiger partial charge in [-0.05, 0) is 56.1 Å². The summed E-state index contributed by atoms with van der Waals surface area (Å²) in [6.07, 6.45) is 0.222. The lowest BCUT2D eigenvalue weighted by Gasteiger charge is -2.56. The highest BCUT2D eigenvalue weighted by Crippen LogP contribution is 2.53. The number of nitrogens with one attached hydrogen (secondary N) is 1. The van der Waals surface area contributed by atoms with Crippen molar-refractivity contribution in [2.75, 3.05) is 25.2 Å². The monoisotopic (exact) mass is 647 g/mol. The predicted molar refractivity (Wildman–Crippen MR) is 167 cm³/mol. The van der Waals surface area contributed by atoms with E-state index in [-0.39, 0.29) is 30.1 Å². The van der Waals surface area contributed by atoms with Gasteiger partial charge >= 0.3 is 11.9 Å². The first-order chi connectivity index (χ1) is 21.1. The topological polar surface area (TPSA) is 138 Å². The Morgan fingerprint density at radius 3 is 2.58 bits per heavy atom. The van der Waals surface area contributed by atoms with E-state index in [0.29, 0.717) is 41.4 Å². The van der Waals surface area contributed by atoms with Gasteiger partial charge in [0.15, 0.2) is 18.4 Å². The molecule has 0 bridgehead atoms. The molecule has 3 N–H and O–H groups in total. The van der Waals surface area contributed by atoms with Crippen molar-refractivity contribution in [3.63, 3.8) is 0 Å². The SMILES string of the molecule is CCN(CC(C)[C@@H]1CC[C@@H](C)[C@@]2(O)[C@@H]1C=C(C)[C@@H](OC(C)=O)[C@@H]2OC(=O)[C@@H]1C[C@@]2(O)c3cccc(Cl)c3N(C)O[C@H]2N1)C(C)=O. The van der Waals surface area contributed by atoms with E-state index in [1.807, 2.05) is 26.8 Å². The normalized spacial score (nSPS) is 36.2. The number of anilines is 1. The number of para-hydroxylation sites is 1. The Kier molecular flexibility index (Phi) is 9.34. The van der Waals surface area contributed by atoms with Gasteiger partial charge in [-0.25, -0.2) is 0 Å². The maximum absolute atomic E-state index is 14.0. The van der Waals surface area contributed by atoms with E-state index < -0.39 is 53.5 Å². The first-order valence-electron chi connectivity index (χ1n) is 15.8. The summed E-state index contributed by atoms with van der Waals surface area (Å²) in [6.45, 7) is 11.7. The summed E-state index contributed by atoms with van der Waals surface area (Å²) in [5.41, 5.74) is -1.42. The molecule has 1 saturated heterocycles. The third kappa shape index (κ3) is 5.75. The Balaban J connectivity index is 1.46. The fourth-order valence-electron chi connectivity index (χ4n) is 8.12. The molecule has 5 rings (SSSR count). The molecule has 1 amide bonds. The van der Waals surface area contributed by atoms with Crippen molar-refractivity contribution in [3.05, 3.63) is 40.4 Å². The molecule has 12 heteroatoms. The summed E-state index contributed by atoms with van der Waals surface area (Å²) in [5, 5.41) is 29.4. The molecule has 248 valence electrons. The molecule has 2 heterocycles. The van der Waals surface area contributed by atoms with Gasteiger partial charge in [0, 0.05) is 51.9 Å². The van der Waals surface area contributed by atoms with Crippen LogP contribution in [0.1, 0.15) is 66.4 Å². The van der Waals surface area contributed by atoms with Gasteiger partial charge in [-0.2, -0.15) is 0 Å². The predicted octanol–water partition coefficient (Wildman–Crippen LogP) is 3.30. The van der Waals surface area contributed by atoms with Gasteiger partial charge in [0.2, 0.25) is 5.91 Å². The lowest BCUT2D eigenvalue weighted by Crippen LogP contribution is -2.66. The van der Waals surface area contributed by atoms with Gasteiger partial charge in [0.05, 0.1) is 10.7 Å². The van der Waals surface area contributed by atoms with E-state index >= 15 is 0 Å². The molecule has 2 aliphatic heterocycles. The zero-order valence-electron chi connectivity index (χ0n) is 27.1. The number of fused-ring (bicyclic) bond motifs is 4. The van der Waals surface area contributed by atoms with Crippen LogP contribution in [0.25, 0.3) is 0 Å². The van der Waals surface area contributed by atoms with Crippen LogP contribution in [-0.2, 0) is 34.3 Å². The first-order valence-corrected chi connectivity index (χ1v) is 16.2. The number of benzene rings is 1. The second kappa shape index (κ2) is 12.5. The van der Waals surface area contributed by atoms with Crippen LogP contribution in [0.4, 0.5) is 5.69 Å². The summed E-state index contributed by atoms with van der Waals surface area (Å²) in [5.74, 6) is -1.96. The van der Waals surface area contributed by atoms with Gasteiger partial charge in [-0.1, -0.05) is 43.7 Å². The lowest BCUT2D eigenvalue weighted by molar-refractivity contribution is -0.225. The van der Waals surface area contributed by atoms with Crippen LogP contribution in [0.5, 0.6) is 0 Å². The number of hydrogen-bond acceptors (Lipinski definition) is 10. The van der Waals surface area contributed by atoms with Gasteiger partial charge in [-0.3, -0.25) is 29.6 Å². The van der Waals surface area contributed by atoms with Crippen LogP contribution < -0.4 is 10.4 Å². The lowest BCUT2D eigenvalue weighted by atomic mass is 9.55. The highest BCUT2D eigenvalue weighted by molar-refractivity contribution is 6.33. The van der Waals surface area contributed by atoms with E-state index in [2.05, 4.69) is 12.2 Å². The van der Waals surface area contributed by atoms with Gasteiger partial charge in [0.1, 0.15) is 17.2 Å². The second-order valence-corrected chi connectivity index (χ2v) is 13.8. The molecule has 10 atom stereocenters.